The molecule has 1 heterocycles. The van der Waals surface area contributed by atoms with Crippen LogP contribution in [0.4, 0.5) is 10.8 Å². The Morgan fingerprint density at radius 2 is 1.68 bits per heavy atom. The molecular weight excluding hydrogens is 430 g/mol. The Bertz CT molecular complexity index is 1350. The number of anilines is 2. The predicted molar refractivity (Wildman–Crippen MR) is 125 cm³/mol. The molecule has 8 heteroatoms. The number of hydrogen-bond donors (Lipinski definition) is 2. The number of rotatable bonds is 6. The lowest BCUT2D eigenvalue weighted by molar-refractivity contribution is 0.102. The van der Waals surface area contributed by atoms with Gasteiger partial charge in [-0.25, -0.2) is 13.4 Å². The zero-order valence-electron chi connectivity index (χ0n) is 17.0. The second kappa shape index (κ2) is 8.49. The fraction of sp³-hybridized carbons (Fsp3) is 0.130. The van der Waals surface area contributed by atoms with Crippen molar-refractivity contribution < 1.29 is 13.2 Å². The van der Waals surface area contributed by atoms with E-state index in [1.54, 1.807) is 42.5 Å². The third kappa shape index (κ3) is 4.60. The first-order valence-corrected chi connectivity index (χ1v) is 12.0. The highest BCUT2D eigenvalue weighted by Crippen LogP contribution is 2.30. The monoisotopic (exact) mass is 451 g/mol. The first-order chi connectivity index (χ1) is 14.8. The molecule has 2 N–H and O–H groups in total. The van der Waals surface area contributed by atoms with Gasteiger partial charge in [-0.15, -0.1) is 0 Å². The summed E-state index contributed by atoms with van der Waals surface area (Å²) in [6, 6.07) is 20.6. The van der Waals surface area contributed by atoms with Gasteiger partial charge in [-0.1, -0.05) is 61.6 Å². The highest BCUT2D eigenvalue weighted by molar-refractivity contribution is 7.92. The van der Waals surface area contributed by atoms with Crippen molar-refractivity contribution in [2.45, 2.75) is 24.7 Å². The Labute approximate surface area is 185 Å². The van der Waals surface area contributed by atoms with Gasteiger partial charge in [0.2, 0.25) is 0 Å². The second-order valence-electron chi connectivity index (χ2n) is 7.32. The molecule has 0 spiro atoms. The standard InChI is InChI=1S/C23H21N3O3S2/c1-15(2)16-12-13-20-21(14-16)30-23(24-20)25-22(27)18-10-6-7-11-19(18)26-31(28,29)17-8-4-3-5-9-17/h3-15,26H,1-2H3,(H,24,25,27). The number of sulfonamides is 1. The van der Waals surface area contributed by atoms with E-state index in [1.807, 2.05) is 12.1 Å². The summed E-state index contributed by atoms with van der Waals surface area (Å²) < 4.78 is 28.9. The molecule has 0 bridgehead atoms. The van der Waals surface area contributed by atoms with Crippen molar-refractivity contribution in [1.82, 2.24) is 4.98 Å². The summed E-state index contributed by atoms with van der Waals surface area (Å²) in [5.74, 6) is -0.0384. The average molecular weight is 452 g/mol. The molecule has 1 aromatic heterocycles. The smallest absolute Gasteiger partial charge is 0.261 e. The third-order valence-corrected chi connectivity index (χ3v) is 7.08. The van der Waals surface area contributed by atoms with Gasteiger partial charge in [-0.05, 0) is 47.9 Å². The lowest BCUT2D eigenvalue weighted by Gasteiger charge is -2.12. The van der Waals surface area contributed by atoms with Crippen LogP contribution < -0.4 is 10.0 Å². The molecule has 0 saturated heterocycles. The van der Waals surface area contributed by atoms with Crippen molar-refractivity contribution >= 4 is 48.3 Å². The molecule has 0 aliphatic heterocycles. The van der Waals surface area contributed by atoms with E-state index in [4.69, 9.17) is 0 Å². The predicted octanol–water partition coefficient (Wildman–Crippen LogP) is 5.47. The lowest BCUT2D eigenvalue weighted by atomic mass is 10.0. The third-order valence-electron chi connectivity index (χ3n) is 4.77. The van der Waals surface area contributed by atoms with Crippen LogP contribution in [0.15, 0.2) is 77.7 Å². The van der Waals surface area contributed by atoms with Crippen LogP contribution in [0.1, 0.15) is 35.7 Å². The Morgan fingerprint density at radius 3 is 2.42 bits per heavy atom. The molecule has 0 fully saturated rings. The maximum atomic E-state index is 12.9. The molecule has 1 amide bonds. The molecule has 4 aromatic rings. The SMILES string of the molecule is CC(C)c1ccc2nc(NC(=O)c3ccccc3NS(=O)(=O)c3ccccc3)sc2c1. The average Bonchev–Trinajstić information content (AvgIpc) is 3.15. The summed E-state index contributed by atoms with van der Waals surface area (Å²) in [6.07, 6.45) is 0. The van der Waals surface area contributed by atoms with Crippen LogP contribution in [0, 0.1) is 0 Å². The molecule has 31 heavy (non-hydrogen) atoms. The second-order valence-corrected chi connectivity index (χ2v) is 10.0. The Morgan fingerprint density at radius 1 is 0.968 bits per heavy atom. The van der Waals surface area contributed by atoms with Gasteiger partial charge in [0.15, 0.2) is 5.13 Å². The number of hydrogen-bond acceptors (Lipinski definition) is 5. The van der Waals surface area contributed by atoms with Gasteiger partial charge in [-0.3, -0.25) is 14.8 Å². The number of benzene rings is 3. The quantitative estimate of drug-likeness (QED) is 0.407. The largest absolute Gasteiger partial charge is 0.298 e. The topological polar surface area (TPSA) is 88.2 Å². The van der Waals surface area contributed by atoms with Crippen LogP contribution in [-0.4, -0.2) is 19.3 Å². The molecule has 6 nitrogen and oxygen atoms in total. The summed E-state index contributed by atoms with van der Waals surface area (Å²) in [5.41, 5.74) is 2.42. The van der Waals surface area contributed by atoms with Gasteiger partial charge in [0.25, 0.3) is 15.9 Å². The number of amides is 1. The summed E-state index contributed by atoms with van der Waals surface area (Å²) in [6.45, 7) is 4.25. The molecule has 158 valence electrons. The van der Waals surface area contributed by atoms with Gasteiger partial charge in [0.05, 0.1) is 26.4 Å². The number of thiazole rings is 1. The number of carbonyl (C=O) groups is 1. The van der Waals surface area contributed by atoms with Crippen molar-refractivity contribution in [1.29, 1.82) is 0 Å². The van der Waals surface area contributed by atoms with E-state index >= 15 is 0 Å². The number of nitrogens with zero attached hydrogens (tertiary/aromatic N) is 1. The molecule has 4 rings (SSSR count). The summed E-state index contributed by atoms with van der Waals surface area (Å²) in [5, 5.41) is 3.26. The minimum atomic E-state index is -3.82. The molecular formula is C23H21N3O3S2. The van der Waals surface area contributed by atoms with Crippen LogP contribution in [0.2, 0.25) is 0 Å². The first kappa shape index (κ1) is 21.0. The van der Waals surface area contributed by atoms with E-state index in [2.05, 4.69) is 34.9 Å². The highest BCUT2D eigenvalue weighted by Gasteiger charge is 2.19. The van der Waals surface area contributed by atoms with E-state index in [0.717, 1.165) is 10.2 Å². The minimum Gasteiger partial charge on any atom is -0.298 e. The molecule has 0 aliphatic carbocycles. The highest BCUT2D eigenvalue weighted by atomic mass is 32.2. The number of aromatic nitrogens is 1. The number of nitrogens with one attached hydrogen (secondary N) is 2. The van der Waals surface area contributed by atoms with Crippen LogP contribution >= 0.6 is 11.3 Å². The van der Waals surface area contributed by atoms with E-state index < -0.39 is 15.9 Å². The molecule has 0 atom stereocenters. The van der Waals surface area contributed by atoms with Gasteiger partial charge in [-0.2, -0.15) is 0 Å². The Hall–Kier alpha value is -3.23. The first-order valence-electron chi connectivity index (χ1n) is 9.72. The van der Waals surface area contributed by atoms with Crippen molar-refractivity contribution in [2.24, 2.45) is 0 Å². The van der Waals surface area contributed by atoms with Crippen molar-refractivity contribution in [3.63, 3.8) is 0 Å². The van der Waals surface area contributed by atoms with Crippen molar-refractivity contribution in [3.05, 3.63) is 83.9 Å². The summed E-state index contributed by atoms with van der Waals surface area (Å²) in [4.78, 5) is 17.5. The fourth-order valence-electron chi connectivity index (χ4n) is 3.09. The Balaban J connectivity index is 1.59. The molecule has 0 aliphatic rings. The molecule has 3 aromatic carbocycles. The number of carbonyl (C=O) groups excluding carboxylic acids is 1. The van der Waals surface area contributed by atoms with Crippen LogP contribution in [-0.2, 0) is 10.0 Å². The van der Waals surface area contributed by atoms with Gasteiger partial charge < -0.3 is 0 Å². The Kier molecular flexibility index (Phi) is 5.75. The maximum Gasteiger partial charge on any atom is 0.261 e. The minimum absolute atomic E-state index is 0.123. The normalized spacial score (nSPS) is 11.6. The van der Waals surface area contributed by atoms with Crippen molar-refractivity contribution in [3.8, 4) is 0 Å². The number of fused-ring (bicyclic) bond motifs is 1. The van der Waals surface area contributed by atoms with E-state index in [-0.39, 0.29) is 16.1 Å². The molecule has 0 radical (unpaired) electrons. The fourth-order valence-corrected chi connectivity index (χ4v) is 5.10. The van der Waals surface area contributed by atoms with Crippen LogP contribution in [0.3, 0.4) is 0 Å². The van der Waals surface area contributed by atoms with Gasteiger partial charge in [0, 0.05) is 0 Å². The van der Waals surface area contributed by atoms with E-state index in [1.165, 1.54) is 29.0 Å². The van der Waals surface area contributed by atoms with Crippen molar-refractivity contribution in [2.75, 3.05) is 10.0 Å². The molecule has 0 saturated carbocycles. The molecule has 0 unspecified atom stereocenters. The maximum absolute atomic E-state index is 12.9. The summed E-state index contributed by atoms with van der Waals surface area (Å²) in [7, 11) is -3.82. The van der Waals surface area contributed by atoms with E-state index in [0.29, 0.717) is 11.0 Å². The lowest BCUT2D eigenvalue weighted by Crippen LogP contribution is -2.18. The van der Waals surface area contributed by atoms with Gasteiger partial charge >= 0.3 is 0 Å². The zero-order valence-corrected chi connectivity index (χ0v) is 18.6. The van der Waals surface area contributed by atoms with Crippen LogP contribution in [0.5, 0.6) is 0 Å². The van der Waals surface area contributed by atoms with Crippen LogP contribution in [0.25, 0.3) is 10.2 Å². The van der Waals surface area contributed by atoms with Gasteiger partial charge in [0.1, 0.15) is 0 Å². The van der Waals surface area contributed by atoms with E-state index in [9.17, 15) is 13.2 Å². The summed E-state index contributed by atoms with van der Waals surface area (Å²) >= 11 is 1.39. The zero-order chi connectivity index (χ0) is 22.0. The number of para-hydroxylation sites is 1.